The Morgan fingerprint density at radius 3 is 0.418 bits per heavy atom. The van der Waals surface area contributed by atoms with E-state index in [0.717, 1.165) is 154 Å². The molecule has 324 valence electrons. The molecule has 0 aliphatic heterocycles. The fraction of sp³-hybridized carbons (Fsp3) is 0.857. The molecule has 0 heterocycles. The van der Waals surface area contributed by atoms with Crippen LogP contribution in [0, 0.1) is 0 Å². The molecule has 0 bridgehead atoms. The summed E-state index contributed by atoms with van der Waals surface area (Å²) in [5.41, 5.74) is 0. The Balaban J connectivity index is -0.000000100. The summed E-state index contributed by atoms with van der Waals surface area (Å²) >= 11 is 0. The number of hydrogen-bond donors (Lipinski definition) is 0. The van der Waals surface area contributed by atoms with E-state index in [4.69, 9.17) is 0 Å². The summed E-state index contributed by atoms with van der Waals surface area (Å²) in [5, 5.41) is 59.1. The predicted molar refractivity (Wildman–Crippen MR) is 203 cm³/mol. The van der Waals surface area contributed by atoms with Gasteiger partial charge in [0.2, 0.25) is 0 Å². The van der Waals surface area contributed by atoms with Crippen LogP contribution in [0.15, 0.2) is 0 Å². The van der Waals surface area contributed by atoms with E-state index >= 15 is 0 Å². The van der Waals surface area contributed by atoms with E-state index < -0.39 is 35.8 Å². The number of carboxylic acid groups (broad SMARTS) is 6. The Labute approximate surface area is 349 Å². The fourth-order valence-corrected chi connectivity index (χ4v) is 4.18. The fourth-order valence-electron chi connectivity index (χ4n) is 4.18. The SMILES string of the molecule is CCCCCCC(=O)[O-].CCCCCCC(=O)[O-].CCCCCCC(=O)[O-].CCCCCCC(=O)[O-].CCCCCCC(=O)[O-].CCCCCCC(=O)[O-].[Mo+6]. The first-order valence-electron chi connectivity index (χ1n) is 20.8. The van der Waals surface area contributed by atoms with E-state index in [-0.39, 0.29) is 59.6 Å². The molecule has 0 saturated heterocycles. The van der Waals surface area contributed by atoms with E-state index in [9.17, 15) is 59.4 Å². The van der Waals surface area contributed by atoms with Crippen molar-refractivity contribution in [3.8, 4) is 0 Å². The van der Waals surface area contributed by atoms with Crippen molar-refractivity contribution in [3.63, 3.8) is 0 Å². The molecule has 0 aliphatic rings. The molecule has 0 atom stereocenters. The summed E-state index contributed by atoms with van der Waals surface area (Å²) in [7, 11) is 0. The number of carbonyl (C=O) groups excluding carboxylic acids is 6. The van der Waals surface area contributed by atoms with Gasteiger partial charge in [0.25, 0.3) is 0 Å². The molecule has 0 aromatic heterocycles. The van der Waals surface area contributed by atoms with Crippen molar-refractivity contribution in [2.45, 2.75) is 234 Å². The van der Waals surface area contributed by atoms with Gasteiger partial charge in [0.15, 0.2) is 0 Å². The Hall–Kier alpha value is -2.49. The molecule has 0 radical (unpaired) electrons. The zero-order chi connectivity index (χ0) is 42.7. The maximum absolute atomic E-state index is 9.85. The van der Waals surface area contributed by atoms with Crippen molar-refractivity contribution in [1.29, 1.82) is 0 Å². The molecule has 0 aromatic carbocycles. The van der Waals surface area contributed by atoms with Gasteiger partial charge in [-0.3, -0.25) is 0 Å². The third kappa shape index (κ3) is 112. The summed E-state index contributed by atoms with van der Waals surface area (Å²) in [6, 6.07) is 0. The monoisotopic (exact) mass is 872 g/mol. The summed E-state index contributed by atoms with van der Waals surface area (Å²) in [4.78, 5) is 59.1. The van der Waals surface area contributed by atoms with Crippen molar-refractivity contribution < 1.29 is 80.5 Å². The second kappa shape index (κ2) is 63.4. The minimum atomic E-state index is -0.925. The van der Waals surface area contributed by atoms with E-state index in [2.05, 4.69) is 41.5 Å². The first kappa shape index (κ1) is 67.3. The van der Waals surface area contributed by atoms with Crippen LogP contribution in [-0.4, -0.2) is 35.8 Å². The second-order valence-electron chi connectivity index (χ2n) is 13.1. The van der Waals surface area contributed by atoms with Crippen LogP contribution in [0.1, 0.15) is 234 Å². The molecular formula is C42H78MoO12. The Morgan fingerprint density at radius 2 is 0.345 bits per heavy atom. The van der Waals surface area contributed by atoms with Crippen LogP contribution in [0.5, 0.6) is 0 Å². The molecule has 0 unspecified atom stereocenters. The van der Waals surface area contributed by atoms with Crippen LogP contribution in [0.3, 0.4) is 0 Å². The summed E-state index contributed by atoms with van der Waals surface area (Å²) in [5.74, 6) is -5.55. The Kier molecular flexibility index (Phi) is 77.6. The smallest absolute Gasteiger partial charge is 0.550 e. The molecule has 13 heteroatoms. The largest absolute Gasteiger partial charge is 6.00 e. The van der Waals surface area contributed by atoms with Gasteiger partial charge in [-0.15, -0.1) is 0 Å². The van der Waals surface area contributed by atoms with Crippen LogP contribution < -0.4 is 30.6 Å². The van der Waals surface area contributed by atoms with Crippen molar-refractivity contribution in [1.82, 2.24) is 0 Å². The van der Waals surface area contributed by atoms with Gasteiger partial charge in [0.05, 0.1) is 0 Å². The second-order valence-corrected chi connectivity index (χ2v) is 13.1. The molecule has 0 saturated carbocycles. The molecule has 0 amide bonds. The first-order chi connectivity index (χ1) is 25.6. The maximum Gasteiger partial charge on any atom is 6.00 e. The number of unbranched alkanes of at least 4 members (excludes halogenated alkanes) is 18. The normalized spacial score (nSPS) is 9.27. The maximum atomic E-state index is 9.85. The van der Waals surface area contributed by atoms with Crippen LogP contribution in [0.2, 0.25) is 0 Å². The van der Waals surface area contributed by atoms with E-state index in [1.54, 1.807) is 0 Å². The molecule has 0 aromatic rings. The molecule has 0 aliphatic carbocycles. The Bertz CT molecular complexity index is 652. The summed E-state index contributed by atoms with van der Waals surface area (Å²) in [6.45, 7) is 12.6. The minimum Gasteiger partial charge on any atom is -0.550 e. The van der Waals surface area contributed by atoms with E-state index in [1.165, 1.54) is 0 Å². The summed E-state index contributed by atoms with van der Waals surface area (Å²) < 4.78 is 0. The molecule has 55 heavy (non-hydrogen) atoms. The van der Waals surface area contributed by atoms with Crippen molar-refractivity contribution in [2.75, 3.05) is 0 Å². The number of carboxylic acids is 6. The first-order valence-corrected chi connectivity index (χ1v) is 20.8. The van der Waals surface area contributed by atoms with Crippen LogP contribution in [0.25, 0.3) is 0 Å². The van der Waals surface area contributed by atoms with E-state index in [0.29, 0.717) is 0 Å². The molecule has 0 fully saturated rings. The topological polar surface area (TPSA) is 241 Å². The third-order valence-electron chi connectivity index (χ3n) is 7.41. The molecule has 0 N–H and O–H groups in total. The van der Waals surface area contributed by atoms with Gasteiger partial charge in [-0.1, -0.05) is 157 Å². The zero-order valence-electron chi connectivity index (χ0n) is 35.5. The van der Waals surface area contributed by atoms with Gasteiger partial charge in [-0.05, 0) is 77.0 Å². The molecular weight excluding hydrogens is 792 g/mol. The average Bonchev–Trinajstić information content (AvgIpc) is 3.10. The van der Waals surface area contributed by atoms with Gasteiger partial charge in [0.1, 0.15) is 0 Å². The number of aliphatic carboxylic acids is 6. The zero-order valence-corrected chi connectivity index (χ0v) is 37.5. The molecule has 12 nitrogen and oxygen atoms in total. The van der Waals surface area contributed by atoms with Crippen LogP contribution >= 0.6 is 0 Å². The van der Waals surface area contributed by atoms with Crippen molar-refractivity contribution in [3.05, 3.63) is 0 Å². The quantitative estimate of drug-likeness (QED) is 0.0728. The van der Waals surface area contributed by atoms with Gasteiger partial charge < -0.3 is 59.4 Å². The third-order valence-corrected chi connectivity index (χ3v) is 7.41. The predicted octanol–water partition coefficient (Wildman–Crippen LogP) is 4.24. The molecule has 0 rings (SSSR count). The van der Waals surface area contributed by atoms with Crippen LogP contribution in [0.4, 0.5) is 0 Å². The minimum absolute atomic E-state index is 0. The summed E-state index contributed by atoms with van der Waals surface area (Å²) in [6.07, 6.45) is 25.8. The standard InChI is InChI=1S/6C7H14O2.Mo/c6*1-2-3-4-5-6-7(8)9;/h6*2-6H2,1H3,(H,8,9);/q;;;;;;+6/p-6. The van der Waals surface area contributed by atoms with Crippen molar-refractivity contribution in [2.24, 2.45) is 0 Å². The van der Waals surface area contributed by atoms with Gasteiger partial charge in [-0.25, -0.2) is 0 Å². The molecule has 0 spiro atoms. The number of rotatable bonds is 30. The van der Waals surface area contributed by atoms with Gasteiger partial charge in [-0.2, -0.15) is 0 Å². The average molecular weight is 871 g/mol. The van der Waals surface area contributed by atoms with Crippen LogP contribution in [-0.2, 0) is 49.8 Å². The van der Waals surface area contributed by atoms with Gasteiger partial charge in [0, 0.05) is 35.8 Å². The van der Waals surface area contributed by atoms with Gasteiger partial charge >= 0.3 is 21.1 Å². The Morgan fingerprint density at radius 1 is 0.236 bits per heavy atom. The number of carbonyl (C=O) groups is 6. The number of hydrogen-bond acceptors (Lipinski definition) is 12. The van der Waals surface area contributed by atoms with E-state index in [1.807, 2.05) is 0 Å². The van der Waals surface area contributed by atoms with Crippen molar-refractivity contribution >= 4 is 35.8 Å².